The van der Waals surface area contributed by atoms with E-state index >= 15 is 0 Å². The highest BCUT2D eigenvalue weighted by Gasteiger charge is 2.12. The molecular formula is C12H21NO3. The zero-order chi connectivity index (χ0) is 12.6. The largest absolute Gasteiger partial charge is 0.466 e. The molecule has 0 aliphatic heterocycles. The Balaban J connectivity index is 3.88. The number of ether oxygens (including phenoxy) is 1. The van der Waals surface area contributed by atoms with E-state index in [0.29, 0.717) is 38.1 Å². The number of carbonyl (C=O) groups is 2. The fourth-order valence-corrected chi connectivity index (χ4v) is 1.34. The van der Waals surface area contributed by atoms with Crippen LogP contribution in [0.15, 0.2) is 12.2 Å². The maximum Gasteiger partial charge on any atom is 0.302 e. The fraction of sp³-hybridized carbons (Fsp3) is 0.667. The van der Waals surface area contributed by atoms with Gasteiger partial charge in [0.15, 0.2) is 0 Å². The molecule has 1 amide bonds. The lowest BCUT2D eigenvalue weighted by atomic mass is 10.1. The van der Waals surface area contributed by atoms with Crippen LogP contribution >= 0.6 is 0 Å². The molecule has 4 nitrogen and oxygen atoms in total. The number of carbonyl (C=O) groups excluding carboxylic acids is 2. The van der Waals surface area contributed by atoms with E-state index in [1.807, 2.05) is 13.8 Å². The number of nitrogens with zero attached hydrogens (tertiary/aromatic N) is 1. The number of rotatable bonds is 7. The Morgan fingerprint density at radius 2 is 1.81 bits per heavy atom. The minimum absolute atomic E-state index is 0.00664. The third-order valence-electron chi connectivity index (χ3n) is 2.28. The molecule has 92 valence electrons. The summed E-state index contributed by atoms with van der Waals surface area (Å²) in [5.74, 6) is -0.298. The van der Waals surface area contributed by atoms with Gasteiger partial charge in [-0.2, -0.15) is 0 Å². The van der Waals surface area contributed by atoms with Crippen molar-refractivity contribution in [1.29, 1.82) is 0 Å². The summed E-state index contributed by atoms with van der Waals surface area (Å²) in [5.41, 5.74) is 0.579. The predicted molar refractivity (Wildman–Crippen MR) is 62.9 cm³/mol. The van der Waals surface area contributed by atoms with Gasteiger partial charge in [0.25, 0.3) is 0 Å². The van der Waals surface area contributed by atoms with Crippen molar-refractivity contribution in [3.05, 3.63) is 12.2 Å². The summed E-state index contributed by atoms with van der Waals surface area (Å²) in [4.78, 5) is 24.0. The highest BCUT2D eigenvalue weighted by molar-refractivity contribution is 5.92. The number of hydrogen-bond donors (Lipinski definition) is 0. The van der Waals surface area contributed by atoms with Crippen LogP contribution in [0, 0.1) is 0 Å². The fourth-order valence-electron chi connectivity index (χ4n) is 1.34. The number of likely N-dealkylation sites (N-methyl/N-ethyl adjacent to an activating group) is 1. The average molecular weight is 227 g/mol. The van der Waals surface area contributed by atoms with Crippen LogP contribution in [0.25, 0.3) is 0 Å². The molecule has 0 aromatic heterocycles. The second-order valence-corrected chi connectivity index (χ2v) is 3.52. The number of hydrogen-bond acceptors (Lipinski definition) is 3. The minimum atomic E-state index is -0.291. The van der Waals surface area contributed by atoms with E-state index in [-0.39, 0.29) is 11.9 Å². The van der Waals surface area contributed by atoms with Gasteiger partial charge in [-0.15, -0.1) is 0 Å². The molecule has 0 aromatic carbocycles. The first kappa shape index (κ1) is 14.7. The van der Waals surface area contributed by atoms with Crippen molar-refractivity contribution in [2.75, 3.05) is 19.7 Å². The van der Waals surface area contributed by atoms with Crippen molar-refractivity contribution >= 4 is 11.9 Å². The van der Waals surface area contributed by atoms with Crippen molar-refractivity contribution in [2.45, 2.75) is 33.6 Å². The maximum atomic E-state index is 11.8. The Morgan fingerprint density at radius 1 is 1.25 bits per heavy atom. The lowest BCUT2D eigenvalue weighted by molar-refractivity contribution is -0.141. The Morgan fingerprint density at radius 3 is 2.25 bits per heavy atom. The first-order valence-electron chi connectivity index (χ1n) is 5.63. The quantitative estimate of drug-likeness (QED) is 0.378. The van der Waals surface area contributed by atoms with E-state index in [4.69, 9.17) is 4.74 Å². The molecule has 0 aromatic rings. The van der Waals surface area contributed by atoms with Gasteiger partial charge in [-0.25, -0.2) is 0 Å². The van der Waals surface area contributed by atoms with Gasteiger partial charge in [-0.3, -0.25) is 9.59 Å². The third-order valence-corrected chi connectivity index (χ3v) is 2.28. The van der Waals surface area contributed by atoms with Gasteiger partial charge in [-0.1, -0.05) is 6.58 Å². The summed E-state index contributed by atoms with van der Waals surface area (Å²) < 4.78 is 4.78. The zero-order valence-electron chi connectivity index (χ0n) is 10.4. The van der Waals surface area contributed by atoms with Crippen molar-refractivity contribution in [3.8, 4) is 0 Å². The SMILES string of the molecule is C=C(CCCOC(C)=O)C(=O)N(CC)CC. The van der Waals surface area contributed by atoms with Crippen LogP contribution in [0.3, 0.4) is 0 Å². The number of amides is 1. The highest BCUT2D eigenvalue weighted by Crippen LogP contribution is 2.07. The van der Waals surface area contributed by atoms with Crippen LogP contribution in [-0.2, 0) is 14.3 Å². The van der Waals surface area contributed by atoms with Gasteiger partial charge in [0, 0.05) is 25.6 Å². The topological polar surface area (TPSA) is 46.6 Å². The molecule has 0 radical (unpaired) electrons. The summed E-state index contributed by atoms with van der Waals surface area (Å²) in [5, 5.41) is 0. The first-order chi connectivity index (χ1) is 7.52. The van der Waals surface area contributed by atoms with Crippen LogP contribution in [0.5, 0.6) is 0 Å². The highest BCUT2D eigenvalue weighted by atomic mass is 16.5. The Kier molecular flexibility index (Phi) is 7.25. The minimum Gasteiger partial charge on any atom is -0.466 e. The van der Waals surface area contributed by atoms with Crippen molar-refractivity contribution < 1.29 is 14.3 Å². The van der Waals surface area contributed by atoms with Crippen LogP contribution in [0.1, 0.15) is 33.6 Å². The van der Waals surface area contributed by atoms with Crippen LogP contribution in [0.4, 0.5) is 0 Å². The van der Waals surface area contributed by atoms with E-state index in [0.717, 1.165) is 0 Å². The molecule has 0 bridgehead atoms. The van der Waals surface area contributed by atoms with Gasteiger partial charge >= 0.3 is 5.97 Å². The standard InChI is InChI=1S/C12H21NO3/c1-5-13(6-2)12(15)10(3)8-7-9-16-11(4)14/h3,5-9H2,1-2,4H3. The Hall–Kier alpha value is -1.32. The molecule has 0 aliphatic rings. The summed E-state index contributed by atoms with van der Waals surface area (Å²) in [6.45, 7) is 10.7. The van der Waals surface area contributed by atoms with Gasteiger partial charge in [0.1, 0.15) is 0 Å². The van der Waals surface area contributed by atoms with Gasteiger partial charge < -0.3 is 9.64 Å². The molecule has 0 saturated heterocycles. The van der Waals surface area contributed by atoms with Crippen LogP contribution in [0.2, 0.25) is 0 Å². The second kappa shape index (κ2) is 7.91. The molecule has 0 saturated carbocycles. The molecule has 0 unspecified atom stereocenters. The monoisotopic (exact) mass is 227 g/mol. The third kappa shape index (κ3) is 5.53. The Labute approximate surface area is 97.3 Å². The predicted octanol–water partition coefficient (Wildman–Crippen LogP) is 1.75. The lowest BCUT2D eigenvalue weighted by Gasteiger charge is -2.19. The van der Waals surface area contributed by atoms with E-state index in [1.54, 1.807) is 4.90 Å². The van der Waals surface area contributed by atoms with Crippen molar-refractivity contribution in [3.63, 3.8) is 0 Å². The lowest BCUT2D eigenvalue weighted by Crippen LogP contribution is -2.31. The van der Waals surface area contributed by atoms with Crippen molar-refractivity contribution in [2.24, 2.45) is 0 Å². The Bertz CT molecular complexity index is 257. The molecule has 16 heavy (non-hydrogen) atoms. The molecular weight excluding hydrogens is 206 g/mol. The van der Waals surface area contributed by atoms with E-state index < -0.39 is 0 Å². The van der Waals surface area contributed by atoms with Gasteiger partial charge in [-0.05, 0) is 26.7 Å². The summed E-state index contributed by atoms with van der Waals surface area (Å²) >= 11 is 0. The van der Waals surface area contributed by atoms with Crippen LogP contribution < -0.4 is 0 Å². The van der Waals surface area contributed by atoms with E-state index in [9.17, 15) is 9.59 Å². The molecule has 0 heterocycles. The molecule has 0 aliphatic carbocycles. The van der Waals surface area contributed by atoms with Gasteiger partial charge in [0.2, 0.25) is 5.91 Å². The molecule has 0 rings (SSSR count). The van der Waals surface area contributed by atoms with Gasteiger partial charge in [0.05, 0.1) is 6.61 Å². The molecule has 4 heteroatoms. The summed E-state index contributed by atoms with van der Waals surface area (Å²) in [6.07, 6.45) is 1.22. The smallest absolute Gasteiger partial charge is 0.302 e. The maximum absolute atomic E-state index is 11.8. The molecule has 0 spiro atoms. The zero-order valence-corrected chi connectivity index (χ0v) is 10.4. The average Bonchev–Trinajstić information content (AvgIpc) is 2.25. The first-order valence-corrected chi connectivity index (χ1v) is 5.63. The molecule has 0 atom stereocenters. The van der Waals surface area contributed by atoms with Crippen LogP contribution in [-0.4, -0.2) is 36.5 Å². The van der Waals surface area contributed by atoms with E-state index in [1.165, 1.54) is 6.92 Å². The number of esters is 1. The molecule has 0 N–H and O–H groups in total. The van der Waals surface area contributed by atoms with Crippen molar-refractivity contribution in [1.82, 2.24) is 4.90 Å². The van der Waals surface area contributed by atoms with E-state index in [2.05, 4.69) is 6.58 Å². The summed E-state index contributed by atoms with van der Waals surface area (Å²) in [7, 11) is 0. The normalized spacial score (nSPS) is 9.69. The second-order valence-electron chi connectivity index (χ2n) is 3.52. The molecule has 0 fully saturated rings. The summed E-state index contributed by atoms with van der Waals surface area (Å²) in [6, 6.07) is 0.